The standard InChI is InChI=1S/C28H28O4/c1-2-24-25(29)27(31-19-22-14-8-4-9-15-22)28(32-20-23-16-10-5-11-17-23)26(24)30-18-21-12-6-3-7-13-21/h1,3-17,24-29H,18-20H2/t24-,25-,26+,27+,28-/m0/s1. The smallest absolute Gasteiger partial charge is 0.114 e. The Hall–Kier alpha value is -2.94. The van der Waals surface area contributed by atoms with E-state index in [1.807, 2.05) is 91.0 Å². The Morgan fingerprint density at radius 1 is 0.594 bits per heavy atom. The molecule has 0 unspecified atom stereocenters. The van der Waals surface area contributed by atoms with E-state index >= 15 is 0 Å². The van der Waals surface area contributed by atoms with E-state index in [1.54, 1.807) is 0 Å². The zero-order chi connectivity index (χ0) is 22.2. The van der Waals surface area contributed by atoms with Crippen molar-refractivity contribution in [2.45, 2.75) is 44.2 Å². The molecule has 3 aromatic carbocycles. The average molecular weight is 429 g/mol. The molecule has 164 valence electrons. The summed E-state index contributed by atoms with van der Waals surface area (Å²) in [5, 5.41) is 11.0. The second-order valence-corrected chi connectivity index (χ2v) is 7.97. The van der Waals surface area contributed by atoms with Crippen LogP contribution in [-0.2, 0) is 34.0 Å². The van der Waals surface area contributed by atoms with E-state index in [4.69, 9.17) is 20.6 Å². The molecule has 0 saturated heterocycles. The Morgan fingerprint density at radius 3 is 1.38 bits per heavy atom. The molecule has 0 radical (unpaired) electrons. The van der Waals surface area contributed by atoms with E-state index in [0.717, 1.165) is 16.7 Å². The van der Waals surface area contributed by atoms with Crippen molar-refractivity contribution in [3.05, 3.63) is 108 Å². The maximum absolute atomic E-state index is 11.0. The van der Waals surface area contributed by atoms with Gasteiger partial charge in [-0.1, -0.05) is 96.9 Å². The van der Waals surface area contributed by atoms with E-state index in [9.17, 15) is 5.11 Å². The molecule has 32 heavy (non-hydrogen) atoms. The van der Waals surface area contributed by atoms with Crippen LogP contribution < -0.4 is 0 Å². The quantitative estimate of drug-likeness (QED) is 0.515. The summed E-state index contributed by atoms with van der Waals surface area (Å²) in [6, 6.07) is 29.7. The Kier molecular flexibility index (Phi) is 7.71. The zero-order valence-electron chi connectivity index (χ0n) is 17.9. The van der Waals surface area contributed by atoms with Gasteiger partial charge in [0.25, 0.3) is 0 Å². The molecule has 1 aliphatic rings. The third kappa shape index (κ3) is 5.45. The lowest BCUT2D eigenvalue weighted by atomic mass is 10.0. The van der Waals surface area contributed by atoms with Crippen LogP contribution in [0.5, 0.6) is 0 Å². The van der Waals surface area contributed by atoms with Crippen molar-refractivity contribution < 1.29 is 19.3 Å². The van der Waals surface area contributed by atoms with Gasteiger partial charge in [0.05, 0.1) is 31.8 Å². The third-order valence-electron chi connectivity index (χ3n) is 5.75. The number of ether oxygens (including phenoxy) is 3. The monoisotopic (exact) mass is 428 g/mol. The number of aliphatic hydroxyl groups excluding tert-OH is 1. The van der Waals surface area contributed by atoms with Crippen LogP contribution in [0.25, 0.3) is 0 Å². The van der Waals surface area contributed by atoms with Gasteiger partial charge >= 0.3 is 0 Å². The van der Waals surface area contributed by atoms with Gasteiger partial charge in [-0.3, -0.25) is 0 Å². The molecule has 3 aromatic rings. The molecule has 1 fully saturated rings. The lowest BCUT2D eigenvalue weighted by Gasteiger charge is -2.26. The van der Waals surface area contributed by atoms with Crippen LogP contribution in [0.3, 0.4) is 0 Å². The highest BCUT2D eigenvalue weighted by Gasteiger charge is 2.52. The van der Waals surface area contributed by atoms with Gasteiger partial charge in [-0.15, -0.1) is 6.42 Å². The molecule has 4 rings (SSSR count). The van der Waals surface area contributed by atoms with Crippen LogP contribution in [0.4, 0.5) is 0 Å². The molecule has 4 nitrogen and oxygen atoms in total. The summed E-state index contributed by atoms with van der Waals surface area (Å²) in [5.41, 5.74) is 3.09. The average Bonchev–Trinajstić information content (AvgIpc) is 3.11. The molecule has 1 saturated carbocycles. The van der Waals surface area contributed by atoms with Crippen molar-refractivity contribution in [1.82, 2.24) is 0 Å². The van der Waals surface area contributed by atoms with Gasteiger partial charge in [0.15, 0.2) is 0 Å². The summed E-state index contributed by atoms with van der Waals surface area (Å²) in [5.74, 6) is 2.19. The van der Waals surface area contributed by atoms with Gasteiger partial charge in [-0.2, -0.15) is 0 Å². The van der Waals surface area contributed by atoms with Crippen molar-refractivity contribution >= 4 is 0 Å². The number of hydrogen-bond acceptors (Lipinski definition) is 4. The molecule has 0 heterocycles. The molecule has 0 spiro atoms. The minimum Gasteiger partial charge on any atom is -0.389 e. The molecule has 4 heteroatoms. The number of rotatable bonds is 9. The predicted octanol–water partition coefficient (Wildman–Crippen LogP) is 4.37. The van der Waals surface area contributed by atoms with Crippen LogP contribution in [-0.4, -0.2) is 29.5 Å². The Labute approximate surface area is 189 Å². The van der Waals surface area contributed by atoms with Gasteiger partial charge < -0.3 is 19.3 Å². The maximum atomic E-state index is 11.0. The Bertz CT molecular complexity index is 984. The third-order valence-corrected chi connectivity index (χ3v) is 5.75. The number of benzene rings is 3. The second kappa shape index (κ2) is 11.1. The zero-order valence-corrected chi connectivity index (χ0v) is 17.9. The molecule has 1 aliphatic carbocycles. The Balaban J connectivity index is 1.52. The summed E-state index contributed by atoms with van der Waals surface area (Å²) in [6.45, 7) is 1.12. The first-order valence-corrected chi connectivity index (χ1v) is 10.9. The van der Waals surface area contributed by atoms with Crippen LogP contribution in [0.1, 0.15) is 16.7 Å². The largest absolute Gasteiger partial charge is 0.389 e. The first kappa shape index (κ1) is 22.3. The summed E-state index contributed by atoms with van der Waals surface area (Å²) < 4.78 is 18.7. The fourth-order valence-electron chi connectivity index (χ4n) is 4.06. The molecule has 1 N–H and O–H groups in total. The highest BCUT2D eigenvalue weighted by Crippen LogP contribution is 2.35. The second-order valence-electron chi connectivity index (χ2n) is 7.97. The van der Waals surface area contributed by atoms with Crippen molar-refractivity contribution in [1.29, 1.82) is 0 Å². The molecular weight excluding hydrogens is 400 g/mol. The van der Waals surface area contributed by atoms with Crippen LogP contribution in [0.2, 0.25) is 0 Å². The molecular formula is C28H28O4. The lowest BCUT2D eigenvalue weighted by Crippen LogP contribution is -2.38. The SMILES string of the molecule is C#C[C@H]1[C@H](O)[C@@H](OCc2ccccc2)[C@@H](OCc2ccccc2)[C@@H]1OCc1ccccc1. The van der Waals surface area contributed by atoms with Crippen LogP contribution in [0, 0.1) is 18.3 Å². The molecule has 0 aliphatic heterocycles. The van der Waals surface area contributed by atoms with Gasteiger partial charge in [0.2, 0.25) is 0 Å². The lowest BCUT2D eigenvalue weighted by molar-refractivity contribution is -0.133. The van der Waals surface area contributed by atoms with Gasteiger partial charge in [0, 0.05) is 0 Å². The van der Waals surface area contributed by atoms with E-state index < -0.39 is 30.3 Å². The van der Waals surface area contributed by atoms with E-state index in [1.165, 1.54) is 0 Å². The van der Waals surface area contributed by atoms with Gasteiger partial charge in [-0.05, 0) is 16.7 Å². The summed E-state index contributed by atoms with van der Waals surface area (Å²) in [7, 11) is 0. The van der Waals surface area contributed by atoms with Crippen molar-refractivity contribution in [2.75, 3.05) is 0 Å². The molecule has 0 amide bonds. The minimum absolute atomic E-state index is 0.358. The summed E-state index contributed by atoms with van der Waals surface area (Å²) in [4.78, 5) is 0. The fraction of sp³-hybridized carbons (Fsp3) is 0.286. The molecule has 5 atom stereocenters. The van der Waals surface area contributed by atoms with E-state index in [-0.39, 0.29) is 0 Å². The van der Waals surface area contributed by atoms with Crippen molar-refractivity contribution in [3.63, 3.8) is 0 Å². The predicted molar refractivity (Wildman–Crippen MR) is 123 cm³/mol. The van der Waals surface area contributed by atoms with Crippen LogP contribution >= 0.6 is 0 Å². The van der Waals surface area contributed by atoms with Crippen molar-refractivity contribution in [3.8, 4) is 12.3 Å². The topological polar surface area (TPSA) is 47.9 Å². The highest BCUT2D eigenvalue weighted by molar-refractivity contribution is 5.18. The van der Waals surface area contributed by atoms with E-state index in [0.29, 0.717) is 19.8 Å². The highest BCUT2D eigenvalue weighted by atomic mass is 16.6. The first-order valence-electron chi connectivity index (χ1n) is 10.9. The fourth-order valence-corrected chi connectivity index (χ4v) is 4.06. The normalized spacial score (nSPS) is 24.8. The van der Waals surface area contributed by atoms with Gasteiger partial charge in [0.1, 0.15) is 18.3 Å². The first-order chi connectivity index (χ1) is 15.8. The number of terminal acetylenes is 1. The van der Waals surface area contributed by atoms with Crippen molar-refractivity contribution in [2.24, 2.45) is 5.92 Å². The van der Waals surface area contributed by atoms with Gasteiger partial charge in [-0.25, -0.2) is 0 Å². The Morgan fingerprint density at radius 2 is 0.969 bits per heavy atom. The number of aliphatic hydroxyl groups is 1. The maximum Gasteiger partial charge on any atom is 0.114 e. The van der Waals surface area contributed by atoms with Crippen LogP contribution in [0.15, 0.2) is 91.0 Å². The molecule has 0 aromatic heterocycles. The molecule has 0 bridgehead atoms. The van der Waals surface area contributed by atoms with E-state index in [2.05, 4.69) is 5.92 Å². The minimum atomic E-state index is -0.884. The number of hydrogen-bond donors (Lipinski definition) is 1. The summed E-state index contributed by atoms with van der Waals surface area (Å²) >= 11 is 0. The summed E-state index contributed by atoms with van der Waals surface area (Å²) in [6.07, 6.45) is 3.35.